The Labute approximate surface area is 104 Å². The van der Waals surface area contributed by atoms with Crippen LogP contribution in [0, 0.1) is 10.1 Å². The van der Waals surface area contributed by atoms with Crippen molar-refractivity contribution in [3.05, 3.63) is 16.4 Å². The average Bonchev–Trinajstić information content (AvgIpc) is 2.38. The number of methoxy groups -OCH3 is 1. The topological polar surface area (TPSA) is 119 Å². The molecule has 0 saturated carbocycles. The van der Waals surface area contributed by atoms with Crippen LogP contribution in [0.5, 0.6) is 0 Å². The summed E-state index contributed by atoms with van der Waals surface area (Å²) in [5.74, 6) is 5.42. The van der Waals surface area contributed by atoms with E-state index in [2.05, 4.69) is 15.4 Å². The SMILES string of the molecule is CCN(CCOC)c1ncnc(NN)c1[N+](=O)[O-]. The third-order valence-electron chi connectivity index (χ3n) is 2.37. The van der Waals surface area contributed by atoms with E-state index in [1.165, 1.54) is 6.33 Å². The number of rotatable bonds is 7. The Morgan fingerprint density at radius 2 is 2.33 bits per heavy atom. The smallest absolute Gasteiger partial charge is 0.354 e. The van der Waals surface area contributed by atoms with Crippen LogP contribution in [0.3, 0.4) is 0 Å². The maximum Gasteiger partial charge on any atom is 0.354 e. The molecule has 0 aromatic carbocycles. The largest absolute Gasteiger partial charge is 0.383 e. The predicted octanol–water partition coefficient (Wildman–Crippen LogP) is 0.143. The minimum absolute atomic E-state index is 0.0131. The first-order valence-corrected chi connectivity index (χ1v) is 5.35. The molecule has 0 saturated heterocycles. The molecular weight excluding hydrogens is 240 g/mol. The molecule has 0 fully saturated rings. The number of nitrogen functional groups attached to an aromatic ring is 1. The van der Waals surface area contributed by atoms with E-state index < -0.39 is 4.92 Å². The van der Waals surface area contributed by atoms with Crippen molar-refractivity contribution in [3.63, 3.8) is 0 Å². The van der Waals surface area contributed by atoms with E-state index in [0.29, 0.717) is 19.7 Å². The van der Waals surface area contributed by atoms with Crippen molar-refractivity contribution in [2.24, 2.45) is 5.84 Å². The van der Waals surface area contributed by atoms with Gasteiger partial charge in [-0.05, 0) is 6.92 Å². The van der Waals surface area contributed by atoms with E-state index in [9.17, 15) is 10.1 Å². The van der Waals surface area contributed by atoms with E-state index in [1.54, 1.807) is 12.0 Å². The molecule has 0 aliphatic rings. The third kappa shape index (κ3) is 3.02. The van der Waals surface area contributed by atoms with Gasteiger partial charge in [0.1, 0.15) is 6.33 Å². The number of hydrazine groups is 1. The van der Waals surface area contributed by atoms with Gasteiger partial charge in [-0.25, -0.2) is 15.8 Å². The Bertz CT molecular complexity index is 413. The first-order valence-electron chi connectivity index (χ1n) is 5.35. The molecule has 0 aliphatic heterocycles. The summed E-state index contributed by atoms with van der Waals surface area (Å²) in [6.45, 7) is 3.37. The van der Waals surface area contributed by atoms with Gasteiger partial charge >= 0.3 is 5.69 Å². The van der Waals surface area contributed by atoms with Gasteiger partial charge in [0.2, 0.25) is 11.6 Å². The van der Waals surface area contributed by atoms with Gasteiger partial charge in [-0.15, -0.1) is 0 Å². The lowest BCUT2D eigenvalue weighted by Crippen LogP contribution is -2.29. The highest BCUT2D eigenvalue weighted by atomic mass is 16.6. The van der Waals surface area contributed by atoms with Crippen LogP contribution in [0.4, 0.5) is 17.3 Å². The standard InChI is InChI=1S/C9H16N6O3/c1-3-14(4-5-18-2)9-7(15(16)17)8(13-10)11-6-12-9/h6H,3-5,10H2,1-2H3,(H,11,12,13). The minimum atomic E-state index is -0.556. The highest BCUT2D eigenvalue weighted by molar-refractivity contribution is 5.69. The zero-order chi connectivity index (χ0) is 13.5. The van der Waals surface area contributed by atoms with Crippen molar-refractivity contribution in [1.29, 1.82) is 0 Å². The van der Waals surface area contributed by atoms with Crippen LogP contribution in [-0.2, 0) is 4.74 Å². The van der Waals surface area contributed by atoms with Crippen molar-refractivity contribution in [2.45, 2.75) is 6.92 Å². The molecule has 1 aromatic heterocycles. The number of nitrogens with two attached hydrogens (primary N) is 1. The highest BCUT2D eigenvalue weighted by Gasteiger charge is 2.25. The van der Waals surface area contributed by atoms with E-state index in [-0.39, 0.29) is 17.3 Å². The van der Waals surface area contributed by atoms with Crippen molar-refractivity contribution in [3.8, 4) is 0 Å². The molecule has 9 nitrogen and oxygen atoms in total. The summed E-state index contributed by atoms with van der Waals surface area (Å²) < 4.78 is 4.96. The highest BCUT2D eigenvalue weighted by Crippen LogP contribution is 2.30. The lowest BCUT2D eigenvalue weighted by atomic mass is 10.3. The minimum Gasteiger partial charge on any atom is -0.383 e. The molecule has 1 rings (SSSR count). The number of nitrogens with zero attached hydrogens (tertiary/aromatic N) is 4. The number of anilines is 2. The summed E-state index contributed by atoms with van der Waals surface area (Å²) in [5, 5.41) is 11.1. The van der Waals surface area contributed by atoms with Crippen LogP contribution in [0.15, 0.2) is 6.33 Å². The molecule has 0 aliphatic carbocycles. The van der Waals surface area contributed by atoms with Gasteiger partial charge in [0, 0.05) is 20.2 Å². The van der Waals surface area contributed by atoms with Crippen molar-refractivity contribution >= 4 is 17.3 Å². The van der Waals surface area contributed by atoms with Crippen molar-refractivity contribution in [2.75, 3.05) is 37.1 Å². The van der Waals surface area contributed by atoms with Gasteiger partial charge in [0.15, 0.2) is 0 Å². The number of aromatic nitrogens is 2. The second kappa shape index (κ2) is 6.67. The summed E-state index contributed by atoms with van der Waals surface area (Å²) in [4.78, 5) is 19.9. The molecule has 18 heavy (non-hydrogen) atoms. The zero-order valence-electron chi connectivity index (χ0n) is 10.3. The van der Waals surface area contributed by atoms with Crippen LogP contribution in [0.25, 0.3) is 0 Å². The maximum atomic E-state index is 11.1. The number of ether oxygens (including phenoxy) is 1. The number of nitrogens with one attached hydrogen (secondary N) is 1. The number of likely N-dealkylation sites (N-methyl/N-ethyl adjacent to an activating group) is 1. The first-order chi connectivity index (χ1) is 8.65. The third-order valence-corrected chi connectivity index (χ3v) is 2.37. The Morgan fingerprint density at radius 3 is 2.83 bits per heavy atom. The number of hydrogen-bond donors (Lipinski definition) is 2. The molecule has 1 heterocycles. The molecule has 9 heteroatoms. The van der Waals surface area contributed by atoms with Gasteiger partial charge in [-0.1, -0.05) is 0 Å². The fourth-order valence-electron chi connectivity index (χ4n) is 1.49. The van der Waals surface area contributed by atoms with Gasteiger partial charge in [-0.3, -0.25) is 10.1 Å². The fourth-order valence-corrected chi connectivity index (χ4v) is 1.49. The first kappa shape index (κ1) is 14.1. The molecule has 0 spiro atoms. The average molecular weight is 256 g/mol. The van der Waals surface area contributed by atoms with Crippen LogP contribution < -0.4 is 16.2 Å². The molecule has 0 unspecified atom stereocenters. The molecular formula is C9H16N6O3. The predicted molar refractivity (Wildman–Crippen MR) is 66.3 cm³/mol. The Morgan fingerprint density at radius 1 is 1.61 bits per heavy atom. The van der Waals surface area contributed by atoms with Crippen LogP contribution in [0.2, 0.25) is 0 Å². The molecule has 3 N–H and O–H groups in total. The van der Waals surface area contributed by atoms with Crippen molar-refractivity contribution < 1.29 is 9.66 Å². The van der Waals surface area contributed by atoms with E-state index in [4.69, 9.17) is 10.6 Å². The fraction of sp³-hybridized carbons (Fsp3) is 0.556. The summed E-state index contributed by atoms with van der Waals surface area (Å²) in [6.07, 6.45) is 1.23. The summed E-state index contributed by atoms with van der Waals surface area (Å²) in [5.41, 5.74) is 1.96. The molecule has 1 aromatic rings. The second-order valence-corrected chi connectivity index (χ2v) is 3.37. The van der Waals surface area contributed by atoms with Crippen LogP contribution in [-0.4, -0.2) is 41.7 Å². The monoisotopic (exact) mass is 256 g/mol. The van der Waals surface area contributed by atoms with Gasteiger partial charge < -0.3 is 15.1 Å². The Hall–Kier alpha value is -2.00. The summed E-state index contributed by atoms with van der Waals surface area (Å²) in [6, 6.07) is 0. The second-order valence-electron chi connectivity index (χ2n) is 3.37. The number of hydrogen-bond acceptors (Lipinski definition) is 8. The van der Waals surface area contributed by atoms with Gasteiger partial charge in [-0.2, -0.15) is 0 Å². The molecule has 0 atom stereocenters. The normalized spacial score (nSPS) is 10.2. The van der Waals surface area contributed by atoms with E-state index >= 15 is 0 Å². The van der Waals surface area contributed by atoms with E-state index in [1.807, 2.05) is 6.92 Å². The van der Waals surface area contributed by atoms with E-state index in [0.717, 1.165) is 0 Å². The molecule has 0 bridgehead atoms. The molecule has 100 valence electrons. The summed E-state index contributed by atoms with van der Waals surface area (Å²) >= 11 is 0. The maximum absolute atomic E-state index is 11.1. The lowest BCUT2D eigenvalue weighted by Gasteiger charge is -2.21. The van der Waals surface area contributed by atoms with Gasteiger partial charge in [0.25, 0.3) is 0 Å². The summed E-state index contributed by atoms with van der Waals surface area (Å²) in [7, 11) is 1.56. The Balaban J connectivity index is 3.16. The quantitative estimate of drug-likeness (QED) is 0.401. The van der Waals surface area contributed by atoms with Crippen LogP contribution >= 0.6 is 0 Å². The number of nitro groups is 1. The Kier molecular flexibility index (Phi) is 5.21. The zero-order valence-corrected chi connectivity index (χ0v) is 10.3. The van der Waals surface area contributed by atoms with Gasteiger partial charge in [0.05, 0.1) is 11.5 Å². The van der Waals surface area contributed by atoms with Crippen LogP contribution in [0.1, 0.15) is 6.92 Å². The van der Waals surface area contributed by atoms with Crippen molar-refractivity contribution in [1.82, 2.24) is 9.97 Å². The molecule has 0 radical (unpaired) electrons. The lowest BCUT2D eigenvalue weighted by molar-refractivity contribution is -0.383. The molecule has 0 amide bonds.